The fourth-order valence-electron chi connectivity index (χ4n) is 6.93. The molecule has 7 aromatic carbocycles. The summed E-state index contributed by atoms with van der Waals surface area (Å²) in [5.74, 6) is 2.22. The van der Waals surface area contributed by atoms with Gasteiger partial charge >= 0.3 is 0 Å². The molecule has 0 N–H and O–H groups in total. The first-order valence-corrected chi connectivity index (χ1v) is 17.2. The number of aromatic nitrogens is 5. The third kappa shape index (κ3) is 5.22. The summed E-state index contributed by atoms with van der Waals surface area (Å²) in [5.41, 5.74) is 10.6. The van der Waals surface area contributed by atoms with Gasteiger partial charge in [0.15, 0.2) is 17.2 Å². The zero-order valence-electron chi connectivity index (χ0n) is 27.9. The van der Waals surface area contributed by atoms with Crippen LogP contribution in [0.25, 0.3) is 95.3 Å². The molecule has 3 heterocycles. The number of rotatable bonds is 6. The Kier molecular flexibility index (Phi) is 7.03. The van der Waals surface area contributed by atoms with Gasteiger partial charge in [-0.2, -0.15) is 9.97 Å². The Labute approximate surface area is 299 Å². The van der Waals surface area contributed by atoms with Crippen LogP contribution in [-0.4, -0.2) is 24.5 Å². The Morgan fingerprint density at radius 2 is 0.904 bits per heavy atom. The second-order valence-electron chi connectivity index (χ2n) is 12.7. The summed E-state index contributed by atoms with van der Waals surface area (Å²) >= 11 is 0. The van der Waals surface area contributed by atoms with Gasteiger partial charge in [-0.15, -0.1) is 0 Å². The number of benzene rings is 7. The van der Waals surface area contributed by atoms with Gasteiger partial charge in [-0.1, -0.05) is 133 Å². The Balaban J connectivity index is 1.18. The molecule has 0 atom stereocenters. The van der Waals surface area contributed by atoms with Crippen molar-refractivity contribution in [3.05, 3.63) is 176 Å². The summed E-state index contributed by atoms with van der Waals surface area (Å²) in [6.07, 6.45) is 0. The van der Waals surface area contributed by atoms with E-state index >= 15 is 0 Å². The molecule has 0 aliphatic heterocycles. The average Bonchev–Trinajstić information content (AvgIpc) is 3.81. The molecule has 0 aliphatic carbocycles. The van der Waals surface area contributed by atoms with Gasteiger partial charge in [0.25, 0.3) is 0 Å². The second-order valence-corrected chi connectivity index (χ2v) is 12.7. The first kappa shape index (κ1) is 29.7. The average molecular weight is 668 g/mol. The smallest absolute Gasteiger partial charge is 0.238 e. The minimum atomic E-state index is 0.534. The van der Waals surface area contributed by atoms with Crippen molar-refractivity contribution in [2.75, 3.05) is 0 Å². The largest absolute Gasteiger partial charge is 0.436 e. The monoisotopic (exact) mass is 667 g/mol. The first-order chi connectivity index (χ1) is 25.7. The lowest BCUT2D eigenvalue weighted by atomic mass is 10.0. The normalized spacial score (nSPS) is 11.5. The van der Waals surface area contributed by atoms with Crippen LogP contribution in [0.15, 0.2) is 180 Å². The Hall–Kier alpha value is -7.18. The lowest BCUT2D eigenvalue weighted by molar-refractivity contribution is 0.620. The first-order valence-electron chi connectivity index (χ1n) is 17.2. The Bertz CT molecular complexity index is 2880. The minimum Gasteiger partial charge on any atom is -0.436 e. The number of hydrogen-bond acceptors (Lipinski definition) is 5. The topological polar surface area (TPSA) is 69.6 Å². The van der Waals surface area contributed by atoms with Gasteiger partial charge in [0.1, 0.15) is 5.52 Å². The van der Waals surface area contributed by atoms with Crippen molar-refractivity contribution in [1.82, 2.24) is 24.5 Å². The van der Waals surface area contributed by atoms with Crippen LogP contribution in [0.5, 0.6) is 0 Å². The summed E-state index contributed by atoms with van der Waals surface area (Å²) in [5, 5.41) is 2.26. The van der Waals surface area contributed by atoms with Gasteiger partial charge < -0.3 is 4.42 Å². The quantitative estimate of drug-likeness (QED) is 0.176. The van der Waals surface area contributed by atoms with E-state index in [-0.39, 0.29) is 0 Å². The molecular formula is C46H29N5O. The summed E-state index contributed by atoms with van der Waals surface area (Å²) < 4.78 is 8.43. The molecule has 3 aromatic heterocycles. The highest BCUT2D eigenvalue weighted by Crippen LogP contribution is 2.36. The highest BCUT2D eigenvalue weighted by Gasteiger charge is 2.19. The molecule has 0 saturated heterocycles. The van der Waals surface area contributed by atoms with Crippen molar-refractivity contribution in [3.8, 4) is 62.4 Å². The van der Waals surface area contributed by atoms with Crippen LogP contribution in [0.3, 0.4) is 0 Å². The molecule has 0 aliphatic rings. The Morgan fingerprint density at radius 3 is 1.63 bits per heavy atom. The molecule has 0 radical (unpaired) electrons. The predicted octanol–water partition coefficient (Wildman–Crippen LogP) is 11.4. The fourth-order valence-corrected chi connectivity index (χ4v) is 6.93. The molecule has 6 heteroatoms. The molecule has 0 spiro atoms. The van der Waals surface area contributed by atoms with Crippen molar-refractivity contribution < 1.29 is 4.42 Å². The van der Waals surface area contributed by atoms with Crippen molar-refractivity contribution in [2.45, 2.75) is 0 Å². The van der Waals surface area contributed by atoms with E-state index in [1.807, 2.05) is 60.7 Å². The van der Waals surface area contributed by atoms with Crippen LogP contribution >= 0.6 is 0 Å². The van der Waals surface area contributed by atoms with Crippen LogP contribution < -0.4 is 0 Å². The van der Waals surface area contributed by atoms with Crippen molar-refractivity contribution >= 4 is 32.9 Å². The number of nitrogens with zero attached hydrogens (tertiary/aromatic N) is 5. The summed E-state index contributed by atoms with van der Waals surface area (Å²) in [7, 11) is 0. The zero-order valence-corrected chi connectivity index (χ0v) is 27.9. The van der Waals surface area contributed by atoms with Crippen LogP contribution in [-0.2, 0) is 0 Å². The van der Waals surface area contributed by atoms with Crippen LogP contribution in [0.1, 0.15) is 0 Å². The summed E-state index contributed by atoms with van der Waals surface area (Å²) in [4.78, 5) is 20.2. The van der Waals surface area contributed by atoms with Gasteiger partial charge in [0.2, 0.25) is 11.8 Å². The molecule has 10 aromatic rings. The summed E-state index contributed by atoms with van der Waals surface area (Å²) in [6.45, 7) is 0. The third-order valence-corrected chi connectivity index (χ3v) is 9.52. The molecule has 0 amide bonds. The van der Waals surface area contributed by atoms with Crippen LogP contribution in [0.2, 0.25) is 0 Å². The molecular weight excluding hydrogens is 639 g/mol. The maximum Gasteiger partial charge on any atom is 0.238 e. The van der Waals surface area contributed by atoms with E-state index in [9.17, 15) is 0 Å². The molecule has 0 saturated carbocycles. The van der Waals surface area contributed by atoms with E-state index in [0.717, 1.165) is 66.3 Å². The molecule has 10 rings (SSSR count). The molecule has 0 fully saturated rings. The van der Waals surface area contributed by atoms with E-state index in [1.54, 1.807) is 0 Å². The maximum atomic E-state index is 6.27. The van der Waals surface area contributed by atoms with Crippen molar-refractivity contribution in [2.24, 2.45) is 0 Å². The fraction of sp³-hybridized carbons (Fsp3) is 0. The van der Waals surface area contributed by atoms with E-state index < -0.39 is 0 Å². The molecule has 244 valence electrons. The van der Waals surface area contributed by atoms with E-state index in [4.69, 9.17) is 24.4 Å². The standard InChI is InChI=1S/C46H29N5O/c1-4-12-30(13-5-1)32-20-22-33(23-21-32)43-48-44(36-25-27-39-42(29-36)52-45(47-39)34-16-8-3-9-17-34)50-46(49-43)51-40-19-11-10-18-37(40)38-26-24-35(28-41(38)51)31-14-6-2-7-15-31/h1-29H. The second kappa shape index (κ2) is 12.3. The SMILES string of the molecule is c1ccc(-c2ccc(-c3nc(-c4ccc5nc(-c6ccccc6)oc5c4)nc(-n4c5ccccc5c5ccc(-c6ccccc6)cc54)n3)cc2)cc1. The minimum absolute atomic E-state index is 0.534. The van der Waals surface area contributed by atoms with Gasteiger partial charge in [0.05, 0.1) is 11.0 Å². The maximum absolute atomic E-state index is 6.27. The van der Waals surface area contributed by atoms with Crippen molar-refractivity contribution in [3.63, 3.8) is 0 Å². The van der Waals surface area contributed by atoms with Gasteiger partial charge in [0, 0.05) is 27.5 Å². The lowest BCUT2D eigenvalue weighted by Gasteiger charge is -2.12. The number of hydrogen-bond donors (Lipinski definition) is 0. The Morgan fingerprint density at radius 1 is 0.365 bits per heavy atom. The van der Waals surface area contributed by atoms with Crippen LogP contribution in [0.4, 0.5) is 0 Å². The predicted molar refractivity (Wildman–Crippen MR) is 209 cm³/mol. The highest BCUT2D eigenvalue weighted by molar-refractivity contribution is 6.10. The van der Waals surface area contributed by atoms with Gasteiger partial charge in [-0.3, -0.25) is 4.57 Å². The van der Waals surface area contributed by atoms with Crippen LogP contribution in [0, 0.1) is 0 Å². The van der Waals surface area contributed by atoms with E-state index in [1.165, 1.54) is 0 Å². The molecule has 6 nitrogen and oxygen atoms in total. The summed E-state index contributed by atoms with van der Waals surface area (Å²) in [6, 6.07) is 60.1. The van der Waals surface area contributed by atoms with E-state index in [0.29, 0.717) is 29.1 Å². The van der Waals surface area contributed by atoms with Crippen molar-refractivity contribution in [1.29, 1.82) is 0 Å². The third-order valence-electron chi connectivity index (χ3n) is 9.52. The van der Waals surface area contributed by atoms with Gasteiger partial charge in [-0.25, -0.2) is 9.97 Å². The highest BCUT2D eigenvalue weighted by atomic mass is 16.3. The molecule has 0 unspecified atom stereocenters. The number of para-hydroxylation sites is 1. The molecule has 0 bridgehead atoms. The molecule has 52 heavy (non-hydrogen) atoms. The number of fused-ring (bicyclic) bond motifs is 4. The lowest BCUT2D eigenvalue weighted by Crippen LogP contribution is -2.06. The van der Waals surface area contributed by atoms with Gasteiger partial charge in [-0.05, 0) is 64.7 Å². The number of oxazole rings is 1. The zero-order chi connectivity index (χ0) is 34.4. The van der Waals surface area contributed by atoms with E-state index in [2.05, 4.69) is 120 Å².